The predicted octanol–water partition coefficient (Wildman–Crippen LogP) is 0.844. The van der Waals surface area contributed by atoms with Gasteiger partial charge in [-0.3, -0.25) is 4.79 Å². The molecule has 0 aliphatic rings. The first-order chi connectivity index (χ1) is 18.1. The number of nitrogens with one attached hydrogen (secondary N) is 1. The van der Waals surface area contributed by atoms with E-state index in [2.05, 4.69) is 12.1 Å². The Morgan fingerprint density at radius 1 is 0.921 bits per heavy atom. The predicted molar refractivity (Wildman–Crippen MR) is 135 cm³/mol. The van der Waals surface area contributed by atoms with Crippen molar-refractivity contribution in [2.24, 2.45) is 0 Å². The minimum atomic E-state index is -2.07. The number of carbonyl (C=O) groups excluding carboxylic acids is 1. The fourth-order valence-corrected chi connectivity index (χ4v) is 3.85. The Bertz CT molecular complexity index is 1460. The quantitative estimate of drug-likeness (QED) is 0.331. The third-order valence-electron chi connectivity index (χ3n) is 5.88. The van der Waals surface area contributed by atoms with Crippen LogP contribution >= 0.6 is 0 Å². The first kappa shape index (κ1) is 28.1. The van der Waals surface area contributed by atoms with E-state index in [1.165, 1.54) is 27.8 Å². The minimum absolute atomic E-state index is 0.110. The maximum Gasteiger partial charge on any atom is 0.351 e. The van der Waals surface area contributed by atoms with Gasteiger partial charge in [0.1, 0.15) is 11.6 Å². The van der Waals surface area contributed by atoms with E-state index in [0.717, 1.165) is 41.7 Å². The van der Waals surface area contributed by atoms with Crippen molar-refractivity contribution in [3.05, 3.63) is 112 Å². The van der Waals surface area contributed by atoms with E-state index in [4.69, 9.17) is 19.8 Å². The molecule has 0 fully saturated rings. The fourth-order valence-electron chi connectivity index (χ4n) is 3.85. The van der Waals surface area contributed by atoms with Crippen LogP contribution in [-0.2, 0) is 29.0 Å². The molecule has 4 rings (SSSR count). The molecule has 1 atom stereocenters. The second-order valence-corrected chi connectivity index (χ2v) is 8.75. The smallest absolute Gasteiger partial charge is 0.351 e. The summed E-state index contributed by atoms with van der Waals surface area (Å²) < 4.78 is 28.2. The number of quaternary nitrogens is 1. The molecule has 1 heterocycles. The van der Waals surface area contributed by atoms with Crippen LogP contribution in [0.2, 0.25) is 0 Å². The summed E-state index contributed by atoms with van der Waals surface area (Å²) in [6.07, 6.45) is 1.28. The number of likely N-dealkylation sites (N-methyl/N-ethyl adjacent to an activating group) is 1. The average molecular weight is 524 g/mol. The Hall–Kier alpha value is -4.44. The van der Waals surface area contributed by atoms with Crippen molar-refractivity contribution in [2.75, 3.05) is 20.1 Å². The van der Waals surface area contributed by atoms with Crippen molar-refractivity contribution < 1.29 is 33.5 Å². The Labute approximate surface area is 217 Å². The molecule has 0 amide bonds. The van der Waals surface area contributed by atoms with Gasteiger partial charge in [-0.2, -0.15) is 5.10 Å². The lowest BCUT2D eigenvalue weighted by molar-refractivity contribution is -0.880. The molecule has 0 saturated carbocycles. The normalized spacial score (nSPS) is 11.4. The maximum absolute atomic E-state index is 13.4. The summed E-state index contributed by atoms with van der Waals surface area (Å²) in [6, 6.07) is 20.5. The van der Waals surface area contributed by atoms with Crippen LogP contribution < -0.4 is 15.6 Å². The molecule has 1 unspecified atom stereocenters. The number of aromatic nitrogens is 2. The van der Waals surface area contributed by atoms with Crippen molar-refractivity contribution in [3.63, 3.8) is 0 Å². The summed E-state index contributed by atoms with van der Waals surface area (Å²) in [6.45, 7) is 2.03. The number of fused-ring (bicyclic) bond motifs is 1. The highest BCUT2D eigenvalue weighted by Crippen LogP contribution is 2.17. The van der Waals surface area contributed by atoms with Gasteiger partial charge in [-0.25, -0.2) is 18.3 Å². The van der Waals surface area contributed by atoms with Crippen LogP contribution in [0.3, 0.4) is 0 Å². The van der Waals surface area contributed by atoms with E-state index in [1.54, 1.807) is 24.3 Å². The number of carboxylic acids is 2. The summed E-state index contributed by atoms with van der Waals surface area (Å²) in [5.41, 5.74) is 2.59. The van der Waals surface area contributed by atoms with E-state index in [9.17, 15) is 13.6 Å². The van der Waals surface area contributed by atoms with Crippen LogP contribution in [0.4, 0.5) is 8.78 Å². The van der Waals surface area contributed by atoms with Crippen molar-refractivity contribution >= 4 is 22.7 Å². The SMILES string of the molecule is C[NH+](CCc1cccc(F)c1)CCn1nc(Cc2ccc(F)cc2)c2ccccc2c1=O.O=C([O-])C(=O)O. The lowest BCUT2D eigenvalue weighted by atomic mass is 10.0. The molecule has 38 heavy (non-hydrogen) atoms. The molecule has 0 bridgehead atoms. The highest BCUT2D eigenvalue weighted by Gasteiger charge is 2.13. The number of carbonyl (C=O) groups is 2. The summed E-state index contributed by atoms with van der Waals surface area (Å²) in [5, 5.41) is 22.4. The molecule has 10 heteroatoms. The second-order valence-electron chi connectivity index (χ2n) is 8.75. The van der Waals surface area contributed by atoms with Gasteiger partial charge in [-0.15, -0.1) is 0 Å². The van der Waals surface area contributed by atoms with Gasteiger partial charge in [0.05, 0.1) is 37.8 Å². The van der Waals surface area contributed by atoms with Gasteiger partial charge < -0.3 is 19.9 Å². The number of hydrogen-bond donors (Lipinski definition) is 2. The van der Waals surface area contributed by atoms with Crippen molar-refractivity contribution in [3.8, 4) is 0 Å². The monoisotopic (exact) mass is 523 g/mol. The summed E-state index contributed by atoms with van der Waals surface area (Å²) >= 11 is 0. The molecular weight excluding hydrogens is 496 g/mol. The number of halogens is 2. The molecule has 0 saturated heterocycles. The zero-order valence-electron chi connectivity index (χ0n) is 20.7. The zero-order valence-corrected chi connectivity index (χ0v) is 20.7. The fraction of sp³-hybridized carbons (Fsp3) is 0.214. The Balaban J connectivity index is 0.000000599. The zero-order chi connectivity index (χ0) is 27.7. The Morgan fingerprint density at radius 2 is 1.58 bits per heavy atom. The number of hydrogen-bond acceptors (Lipinski definition) is 5. The standard InChI is InChI=1S/C26H25F2N3O.C2H2O4/c1-30(14-13-19-5-4-6-22(28)17-19)15-16-31-26(32)24-8-3-2-7-23(24)25(29-31)18-20-9-11-21(27)12-10-20;3-1(4)2(5)6/h2-12,17H,13-16,18H2,1H3;(H,3,4)(H,5,6). The first-order valence-corrected chi connectivity index (χ1v) is 11.9. The number of rotatable bonds is 8. The number of aliphatic carboxylic acids is 2. The van der Waals surface area contributed by atoms with Gasteiger partial charge in [0.15, 0.2) is 5.97 Å². The summed E-state index contributed by atoms with van der Waals surface area (Å²) in [5.74, 6) is -4.51. The van der Waals surface area contributed by atoms with Gasteiger partial charge in [-0.05, 0) is 41.5 Å². The van der Waals surface area contributed by atoms with Crippen molar-refractivity contribution in [1.82, 2.24) is 9.78 Å². The molecule has 2 N–H and O–H groups in total. The first-order valence-electron chi connectivity index (χ1n) is 11.9. The lowest BCUT2D eigenvalue weighted by Gasteiger charge is -2.16. The third-order valence-corrected chi connectivity index (χ3v) is 5.88. The summed E-state index contributed by atoms with van der Waals surface area (Å²) in [4.78, 5) is 32.3. The molecule has 0 radical (unpaired) electrons. The van der Waals surface area contributed by atoms with Crippen LogP contribution in [0, 0.1) is 11.6 Å². The topological polar surface area (TPSA) is 117 Å². The molecule has 0 aliphatic heterocycles. The molecule has 0 aliphatic carbocycles. The van der Waals surface area contributed by atoms with E-state index >= 15 is 0 Å². The molecule has 8 nitrogen and oxygen atoms in total. The second kappa shape index (κ2) is 13.2. The molecule has 3 aromatic carbocycles. The number of carboxylic acid groups (broad SMARTS) is 2. The highest BCUT2D eigenvalue weighted by atomic mass is 19.1. The minimum Gasteiger partial charge on any atom is -0.539 e. The highest BCUT2D eigenvalue weighted by molar-refractivity contribution is 6.26. The molecule has 0 spiro atoms. The van der Waals surface area contributed by atoms with Crippen LogP contribution in [0.5, 0.6) is 0 Å². The van der Waals surface area contributed by atoms with Gasteiger partial charge >= 0.3 is 5.97 Å². The van der Waals surface area contributed by atoms with E-state index in [0.29, 0.717) is 18.4 Å². The Kier molecular flexibility index (Phi) is 9.78. The van der Waals surface area contributed by atoms with Crippen LogP contribution in [0.15, 0.2) is 77.6 Å². The van der Waals surface area contributed by atoms with Gasteiger partial charge in [0, 0.05) is 18.2 Å². The van der Waals surface area contributed by atoms with Crippen molar-refractivity contribution in [2.45, 2.75) is 19.4 Å². The molecule has 1 aromatic heterocycles. The van der Waals surface area contributed by atoms with E-state index in [-0.39, 0.29) is 17.2 Å². The van der Waals surface area contributed by atoms with Crippen LogP contribution in [-0.4, -0.2) is 47.0 Å². The molecular formula is C28H27F2N3O5. The van der Waals surface area contributed by atoms with E-state index in [1.807, 2.05) is 30.3 Å². The number of nitrogens with zero attached hydrogens (tertiary/aromatic N) is 2. The average Bonchev–Trinajstić information content (AvgIpc) is 2.90. The maximum atomic E-state index is 13.4. The molecule has 4 aromatic rings. The van der Waals surface area contributed by atoms with E-state index < -0.39 is 11.9 Å². The van der Waals surface area contributed by atoms with Crippen LogP contribution in [0.1, 0.15) is 16.8 Å². The van der Waals surface area contributed by atoms with Gasteiger partial charge in [0.2, 0.25) is 0 Å². The van der Waals surface area contributed by atoms with Crippen LogP contribution in [0.25, 0.3) is 10.8 Å². The number of benzene rings is 3. The lowest BCUT2D eigenvalue weighted by Crippen LogP contribution is -3.09. The Morgan fingerprint density at radius 3 is 2.21 bits per heavy atom. The summed E-state index contributed by atoms with van der Waals surface area (Å²) in [7, 11) is 2.06. The van der Waals surface area contributed by atoms with Gasteiger partial charge in [0.25, 0.3) is 5.56 Å². The van der Waals surface area contributed by atoms with Crippen molar-refractivity contribution in [1.29, 1.82) is 0 Å². The third kappa shape index (κ3) is 8.04. The largest absolute Gasteiger partial charge is 0.539 e. The van der Waals surface area contributed by atoms with Gasteiger partial charge in [-0.1, -0.05) is 42.5 Å². The molecule has 198 valence electrons.